The van der Waals surface area contributed by atoms with Gasteiger partial charge < -0.3 is 10.4 Å². The summed E-state index contributed by atoms with van der Waals surface area (Å²) >= 11 is 1.46. The Bertz CT molecular complexity index is 380. The summed E-state index contributed by atoms with van der Waals surface area (Å²) in [6.07, 6.45) is 3.95. The molecule has 0 aromatic carbocycles. The molecule has 1 aliphatic rings. The monoisotopic (exact) mass is 239 g/mol. The number of hydrogen-bond acceptors (Lipinski definition) is 3. The minimum atomic E-state index is -0.368. The highest BCUT2D eigenvalue weighted by molar-refractivity contribution is 7.12. The Hall–Kier alpha value is -0.870. The van der Waals surface area contributed by atoms with Crippen molar-refractivity contribution in [3.05, 3.63) is 21.9 Å². The van der Waals surface area contributed by atoms with E-state index in [9.17, 15) is 9.90 Å². The Morgan fingerprint density at radius 3 is 2.75 bits per heavy atom. The van der Waals surface area contributed by atoms with E-state index >= 15 is 0 Å². The lowest BCUT2D eigenvalue weighted by molar-refractivity contribution is 0.0842. The van der Waals surface area contributed by atoms with E-state index in [1.165, 1.54) is 11.3 Å². The van der Waals surface area contributed by atoms with Crippen molar-refractivity contribution >= 4 is 17.2 Å². The van der Waals surface area contributed by atoms with Crippen LogP contribution in [-0.4, -0.2) is 23.2 Å². The summed E-state index contributed by atoms with van der Waals surface area (Å²) in [5.41, 5.74) is 0.640. The highest BCUT2D eigenvalue weighted by Gasteiger charge is 2.35. The van der Waals surface area contributed by atoms with E-state index < -0.39 is 0 Å². The third-order valence-electron chi connectivity index (χ3n) is 3.31. The molecule has 0 bridgehead atoms. The number of aryl methyl sites for hydroxylation is 1. The van der Waals surface area contributed by atoms with Crippen LogP contribution in [0.1, 0.15) is 40.9 Å². The number of hydrogen-bond donors (Lipinski definition) is 2. The molecule has 1 heterocycles. The van der Waals surface area contributed by atoms with Gasteiger partial charge in [-0.05, 0) is 36.8 Å². The molecule has 1 aliphatic carbocycles. The third kappa shape index (κ3) is 2.13. The fourth-order valence-electron chi connectivity index (χ4n) is 2.28. The topological polar surface area (TPSA) is 49.3 Å². The Labute approximate surface area is 99.5 Å². The van der Waals surface area contributed by atoms with E-state index in [0.717, 1.165) is 36.1 Å². The summed E-state index contributed by atoms with van der Waals surface area (Å²) in [5, 5.41) is 14.3. The summed E-state index contributed by atoms with van der Waals surface area (Å²) in [5.74, 6) is -0.0385. The molecule has 4 heteroatoms. The Morgan fingerprint density at radius 1 is 1.56 bits per heavy atom. The van der Waals surface area contributed by atoms with Crippen molar-refractivity contribution in [2.75, 3.05) is 6.61 Å². The zero-order valence-corrected chi connectivity index (χ0v) is 10.3. The van der Waals surface area contributed by atoms with Gasteiger partial charge in [0.1, 0.15) is 0 Å². The first-order valence-electron chi connectivity index (χ1n) is 5.64. The largest absolute Gasteiger partial charge is 0.394 e. The molecule has 0 saturated heterocycles. The molecule has 2 rings (SSSR count). The molecule has 2 N–H and O–H groups in total. The van der Waals surface area contributed by atoms with Crippen LogP contribution in [0.15, 0.2) is 11.4 Å². The van der Waals surface area contributed by atoms with Crippen LogP contribution in [0.4, 0.5) is 0 Å². The van der Waals surface area contributed by atoms with Gasteiger partial charge >= 0.3 is 0 Å². The summed E-state index contributed by atoms with van der Waals surface area (Å²) in [6, 6.07) is 1.94. The average molecular weight is 239 g/mol. The molecule has 1 aromatic rings. The van der Waals surface area contributed by atoms with Crippen molar-refractivity contribution in [3.63, 3.8) is 0 Å². The first-order chi connectivity index (χ1) is 7.67. The average Bonchev–Trinajstić information content (AvgIpc) is 2.87. The number of rotatable bonds is 3. The summed E-state index contributed by atoms with van der Waals surface area (Å²) < 4.78 is 0. The van der Waals surface area contributed by atoms with Gasteiger partial charge in [-0.25, -0.2) is 0 Å². The first kappa shape index (κ1) is 11.6. The zero-order chi connectivity index (χ0) is 11.6. The van der Waals surface area contributed by atoms with Crippen molar-refractivity contribution in [1.29, 1.82) is 0 Å². The zero-order valence-electron chi connectivity index (χ0n) is 9.45. The normalized spacial score (nSPS) is 18.6. The summed E-state index contributed by atoms with van der Waals surface area (Å²) in [6.45, 7) is 1.98. The summed E-state index contributed by atoms with van der Waals surface area (Å²) in [4.78, 5) is 12.8. The second-order valence-electron chi connectivity index (χ2n) is 4.53. The third-order valence-corrected chi connectivity index (χ3v) is 4.33. The predicted octanol–water partition coefficient (Wildman–Crippen LogP) is 2.09. The summed E-state index contributed by atoms with van der Waals surface area (Å²) in [7, 11) is 0. The van der Waals surface area contributed by atoms with Gasteiger partial charge in [-0.2, -0.15) is 0 Å². The number of amides is 1. The van der Waals surface area contributed by atoms with Crippen LogP contribution in [0.2, 0.25) is 0 Å². The quantitative estimate of drug-likeness (QED) is 0.848. The van der Waals surface area contributed by atoms with Crippen molar-refractivity contribution in [1.82, 2.24) is 5.32 Å². The molecule has 88 valence electrons. The van der Waals surface area contributed by atoms with Crippen LogP contribution in [0, 0.1) is 6.92 Å². The lowest BCUT2D eigenvalue weighted by atomic mass is 9.99. The van der Waals surface area contributed by atoms with E-state index in [0.29, 0.717) is 0 Å². The smallest absolute Gasteiger partial charge is 0.262 e. The fraction of sp³-hybridized carbons (Fsp3) is 0.583. The van der Waals surface area contributed by atoms with Gasteiger partial charge in [-0.3, -0.25) is 4.79 Å². The van der Waals surface area contributed by atoms with E-state index in [2.05, 4.69) is 5.32 Å². The Kier molecular flexibility index (Phi) is 3.30. The van der Waals surface area contributed by atoms with Crippen LogP contribution >= 0.6 is 11.3 Å². The molecular formula is C12H17NO2S. The number of aliphatic hydroxyl groups is 1. The Balaban J connectivity index is 2.09. The minimum Gasteiger partial charge on any atom is -0.394 e. The molecule has 1 fully saturated rings. The second kappa shape index (κ2) is 4.55. The van der Waals surface area contributed by atoms with Gasteiger partial charge in [0.2, 0.25) is 0 Å². The number of nitrogens with one attached hydrogen (secondary N) is 1. The lowest BCUT2D eigenvalue weighted by Gasteiger charge is -2.27. The molecule has 0 spiro atoms. The SMILES string of the molecule is Cc1ccsc1C(=O)NC1(CO)CCCC1. The highest BCUT2D eigenvalue weighted by Crippen LogP contribution is 2.30. The lowest BCUT2D eigenvalue weighted by Crippen LogP contribution is -2.49. The Morgan fingerprint density at radius 2 is 2.25 bits per heavy atom. The van der Waals surface area contributed by atoms with Crippen LogP contribution in [0.25, 0.3) is 0 Å². The number of carbonyl (C=O) groups is 1. The van der Waals surface area contributed by atoms with Crippen molar-refractivity contribution in [2.24, 2.45) is 0 Å². The molecule has 0 unspecified atom stereocenters. The maximum absolute atomic E-state index is 12.0. The predicted molar refractivity (Wildman–Crippen MR) is 64.8 cm³/mol. The van der Waals surface area contributed by atoms with Gasteiger partial charge in [0, 0.05) is 0 Å². The molecule has 0 aliphatic heterocycles. The number of aliphatic hydroxyl groups excluding tert-OH is 1. The van der Waals surface area contributed by atoms with Gasteiger partial charge in [0.15, 0.2) is 0 Å². The number of carbonyl (C=O) groups excluding carboxylic acids is 1. The van der Waals surface area contributed by atoms with Crippen LogP contribution in [-0.2, 0) is 0 Å². The molecule has 0 radical (unpaired) electrons. The van der Waals surface area contributed by atoms with Gasteiger partial charge in [-0.15, -0.1) is 11.3 Å². The first-order valence-corrected chi connectivity index (χ1v) is 6.52. The second-order valence-corrected chi connectivity index (χ2v) is 5.45. The van der Waals surface area contributed by atoms with Crippen molar-refractivity contribution < 1.29 is 9.90 Å². The molecule has 0 atom stereocenters. The fourth-order valence-corrected chi connectivity index (χ4v) is 3.10. The van der Waals surface area contributed by atoms with E-state index in [1.807, 2.05) is 18.4 Å². The van der Waals surface area contributed by atoms with Gasteiger partial charge in [0.25, 0.3) is 5.91 Å². The molecule has 3 nitrogen and oxygen atoms in total. The van der Waals surface area contributed by atoms with E-state index in [4.69, 9.17) is 0 Å². The maximum Gasteiger partial charge on any atom is 0.262 e. The molecule has 1 amide bonds. The van der Waals surface area contributed by atoms with Gasteiger partial charge in [0.05, 0.1) is 17.0 Å². The molecule has 16 heavy (non-hydrogen) atoms. The van der Waals surface area contributed by atoms with E-state index in [-0.39, 0.29) is 18.1 Å². The molecule has 1 aromatic heterocycles. The van der Waals surface area contributed by atoms with E-state index in [1.54, 1.807) is 0 Å². The highest BCUT2D eigenvalue weighted by atomic mass is 32.1. The van der Waals surface area contributed by atoms with Crippen molar-refractivity contribution in [2.45, 2.75) is 38.1 Å². The van der Waals surface area contributed by atoms with Gasteiger partial charge in [-0.1, -0.05) is 12.8 Å². The molecule has 1 saturated carbocycles. The van der Waals surface area contributed by atoms with Crippen molar-refractivity contribution in [3.8, 4) is 0 Å². The standard InChI is InChI=1S/C12H17NO2S/c1-9-4-7-16-10(9)11(15)13-12(8-14)5-2-3-6-12/h4,7,14H,2-3,5-6,8H2,1H3,(H,13,15). The van der Waals surface area contributed by atoms with Crippen LogP contribution in [0.5, 0.6) is 0 Å². The number of thiophene rings is 1. The molecular weight excluding hydrogens is 222 g/mol. The van der Waals surface area contributed by atoms with Crippen LogP contribution < -0.4 is 5.32 Å². The minimum absolute atomic E-state index is 0.0385. The maximum atomic E-state index is 12.0. The van der Waals surface area contributed by atoms with Crippen LogP contribution in [0.3, 0.4) is 0 Å².